The molecule has 0 radical (unpaired) electrons. The van der Waals surface area contributed by atoms with Gasteiger partial charge in [0.15, 0.2) is 0 Å². The van der Waals surface area contributed by atoms with Crippen molar-refractivity contribution in [2.75, 3.05) is 26.2 Å². The van der Waals surface area contributed by atoms with Gasteiger partial charge in [0.1, 0.15) is 0 Å². The lowest BCUT2D eigenvalue weighted by Gasteiger charge is -2.39. The Kier molecular flexibility index (Phi) is 15.3. The van der Waals surface area contributed by atoms with E-state index in [1.54, 1.807) is 24.8 Å². The second-order valence-electron chi connectivity index (χ2n) is 6.54. The van der Waals surface area contributed by atoms with E-state index in [9.17, 15) is 0 Å². The topological polar surface area (TPSA) is 25.8 Å². The number of hydrogen-bond acceptors (Lipinski definition) is 2. The van der Waals surface area contributed by atoms with Gasteiger partial charge in [-0.25, -0.2) is 0 Å². The van der Waals surface area contributed by atoms with Gasteiger partial charge < -0.3 is 4.48 Å². The van der Waals surface area contributed by atoms with Crippen molar-refractivity contribution in [3.63, 3.8) is 0 Å². The van der Waals surface area contributed by atoms with E-state index in [0.29, 0.717) is 0 Å². The van der Waals surface area contributed by atoms with Crippen LogP contribution >= 0.6 is 0 Å². The van der Waals surface area contributed by atoms with Crippen molar-refractivity contribution in [3.05, 3.63) is 24.8 Å². The molecule has 23 heavy (non-hydrogen) atoms. The molecule has 3 nitrogen and oxygen atoms in total. The largest absolute Gasteiger partial charge is 0.324 e. The molecule has 0 saturated heterocycles. The number of aromatic nitrogens is 2. The summed E-state index contributed by atoms with van der Waals surface area (Å²) in [5.74, 6) is 0. The van der Waals surface area contributed by atoms with Gasteiger partial charge in [0.25, 0.3) is 0 Å². The summed E-state index contributed by atoms with van der Waals surface area (Å²) in [6.45, 7) is 15.0. The van der Waals surface area contributed by atoms with E-state index >= 15 is 0 Å². The van der Waals surface area contributed by atoms with Gasteiger partial charge in [-0.1, -0.05) is 53.4 Å². The van der Waals surface area contributed by atoms with Crippen molar-refractivity contribution in [2.45, 2.75) is 79.1 Å². The van der Waals surface area contributed by atoms with E-state index in [1.165, 1.54) is 82.0 Å². The van der Waals surface area contributed by atoms with Crippen LogP contribution in [0.1, 0.15) is 79.1 Å². The van der Waals surface area contributed by atoms with E-state index < -0.39 is 0 Å². The van der Waals surface area contributed by atoms with Crippen molar-refractivity contribution >= 4 is 0 Å². The van der Waals surface area contributed by atoms with E-state index in [4.69, 9.17) is 0 Å². The van der Waals surface area contributed by atoms with Crippen molar-refractivity contribution in [3.8, 4) is 0 Å². The summed E-state index contributed by atoms with van der Waals surface area (Å²) in [6, 6.07) is 0. The normalized spacial score (nSPS) is 11.0. The molecule has 0 spiro atoms. The third-order valence-electron chi connectivity index (χ3n) is 4.42. The van der Waals surface area contributed by atoms with E-state index in [2.05, 4.69) is 37.7 Å². The molecule has 0 saturated carbocycles. The van der Waals surface area contributed by atoms with E-state index in [0.717, 1.165) is 0 Å². The fraction of sp³-hybridized carbons (Fsp3) is 0.800. The summed E-state index contributed by atoms with van der Waals surface area (Å²) in [5, 5.41) is 0. The Labute approximate surface area is 145 Å². The zero-order valence-corrected chi connectivity index (χ0v) is 16.1. The highest BCUT2D eigenvalue weighted by Gasteiger charge is 2.24. The molecule has 3 heteroatoms. The maximum atomic E-state index is 3.72. The summed E-state index contributed by atoms with van der Waals surface area (Å²) in [5.41, 5.74) is 0. The quantitative estimate of drug-likeness (QED) is 0.476. The van der Waals surface area contributed by atoms with Crippen LogP contribution in [0.3, 0.4) is 0 Å². The minimum Gasteiger partial charge on any atom is -0.324 e. The van der Waals surface area contributed by atoms with Gasteiger partial charge in [-0.05, 0) is 25.7 Å². The van der Waals surface area contributed by atoms with Gasteiger partial charge in [-0.2, -0.15) is 0 Å². The number of nitrogens with zero attached hydrogens (tertiary/aromatic N) is 3. The summed E-state index contributed by atoms with van der Waals surface area (Å²) in [6.07, 6.45) is 17.6. The zero-order valence-electron chi connectivity index (χ0n) is 16.1. The molecular formula is C20H40N3+. The fourth-order valence-electron chi connectivity index (χ4n) is 2.90. The minimum absolute atomic E-state index is 1.35. The van der Waals surface area contributed by atoms with Gasteiger partial charge in [0, 0.05) is 24.8 Å². The molecule has 0 atom stereocenters. The molecule has 0 unspecified atom stereocenters. The molecule has 0 aliphatic heterocycles. The predicted molar refractivity (Wildman–Crippen MR) is 101 cm³/mol. The molecule has 1 aromatic heterocycles. The van der Waals surface area contributed by atoms with E-state index in [1.807, 2.05) is 0 Å². The SMILES string of the molecule is CCCC[N+](CCCC)(CCCC)CCCC.c1cnccn1. The smallest absolute Gasteiger partial charge is 0.0786 e. The maximum Gasteiger partial charge on any atom is 0.0786 e. The monoisotopic (exact) mass is 322 g/mol. The summed E-state index contributed by atoms with van der Waals surface area (Å²) in [7, 11) is 0. The average molecular weight is 323 g/mol. The highest BCUT2D eigenvalue weighted by molar-refractivity contribution is 4.70. The fourth-order valence-corrected chi connectivity index (χ4v) is 2.90. The van der Waals surface area contributed by atoms with Crippen LogP contribution in [0, 0.1) is 0 Å². The van der Waals surface area contributed by atoms with Crippen molar-refractivity contribution in [1.29, 1.82) is 0 Å². The minimum atomic E-state index is 1.35. The third-order valence-corrected chi connectivity index (χ3v) is 4.42. The van der Waals surface area contributed by atoms with Crippen molar-refractivity contribution in [1.82, 2.24) is 9.97 Å². The number of rotatable bonds is 12. The Hall–Kier alpha value is -0.960. The number of hydrogen-bond donors (Lipinski definition) is 0. The third kappa shape index (κ3) is 12.2. The van der Waals surface area contributed by atoms with Crippen LogP contribution < -0.4 is 0 Å². The average Bonchev–Trinajstić information content (AvgIpc) is 2.62. The van der Waals surface area contributed by atoms with Crippen LogP contribution in [0.5, 0.6) is 0 Å². The van der Waals surface area contributed by atoms with Gasteiger partial charge >= 0.3 is 0 Å². The first-order valence-electron chi connectivity index (χ1n) is 9.79. The van der Waals surface area contributed by atoms with Crippen LogP contribution in [0.4, 0.5) is 0 Å². The van der Waals surface area contributed by atoms with Crippen molar-refractivity contribution < 1.29 is 4.48 Å². The first-order chi connectivity index (χ1) is 11.2. The van der Waals surface area contributed by atoms with Gasteiger partial charge in [-0.3, -0.25) is 9.97 Å². The molecule has 0 amide bonds. The van der Waals surface area contributed by atoms with Crippen LogP contribution in [0.15, 0.2) is 24.8 Å². The Morgan fingerprint density at radius 3 is 0.957 bits per heavy atom. The highest BCUT2D eigenvalue weighted by Crippen LogP contribution is 2.16. The molecule has 1 aromatic rings. The lowest BCUT2D eigenvalue weighted by molar-refractivity contribution is -0.929. The van der Waals surface area contributed by atoms with Crippen LogP contribution in [0.2, 0.25) is 0 Å². The molecule has 134 valence electrons. The summed E-state index contributed by atoms with van der Waals surface area (Å²) >= 11 is 0. The van der Waals surface area contributed by atoms with Gasteiger partial charge in [-0.15, -0.1) is 0 Å². The first kappa shape index (κ1) is 22.0. The van der Waals surface area contributed by atoms with Gasteiger partial charge in [0.2, 0.25) is 0 Å². The second-order valence-corrected chi connectivity index (χ2v) is 6.54. The molecular weight excluding hydrogens is 282 g/mol. The van der Waals surface area contributed by atoms with Crippen LogP contribution in [-0.4, -0.2) is 40.6 Å². The highest BCUT2D eigenvalue weighted by atomic mass is 15.3. The van der Waals surface area contributed by atoms with Crippen LogP contribution in [0.25, 0.3) is 0 Å². The predicted octanol–water partition coefficient (Wildman–Crippen LogP) is 5.48. The molecule has 1 heterocycles. The standard InChI is InChI=1S/C16H36N.C4H4N2/c1-5-9-13-17(14-10-6-2,15-11-7-3)16-12-8-4;1-2-6-4-3-5-1/h5-16H2,1-4H3;1-4H/q+1;. The van der Waals surface area contributed by atoms with Crippen molar-refractivity contribution in [2.24, 2.45) is 0 Å². The number of quaternary nitrogens is 1. The lowest BCUT2D eigenvalue weighted by Crippen LogP contribution is -2.50. The first-order valence-corrected chi connectivity index (χ1v) is 9.79. The Bertz CT molecular complexity index is 263. The Morgan fingerprint density at radius 1 is 0.522 bits per heavy atom. The molecule has 0 fully saturated rings. The molecule has 0 aliphatic rings. The molecule has 0 aliphatic carbocycles. The summed E-state index contributed by atoms with van der Waals surface area (Å²) < 4.78 is 1.42. The molecule has 0 aromatic carbocycles. The Balaban J connectivity index is 0.000000664. The molecule has 0 N–H and O–H groups in total. The number of unbranched alkanes of at least 4 members (excludes halogenated alkanes) is 4. The zero-order chi connectivity index (χ0) is 17.2. The summed E-state index contributed by atoms with van der Waals surface area (Å²) in [4.78, 5) is 7.44. The van der Waals surface area contributed by atoms with Crippen LogP contribution in [-0.2, 0) is 0 Å². The second kappa shape index (κ2) is 15.9. The molecule has 1 rings (SSSR count). The Morgan fingerprint density at radius 2 is 0.783 bits per heavy atom. The lowest BCUT2D eigenvalue weighted by atomic mass is 10.1. The van der Waals surface area contributed by atoms with Gasteiger partial charge in [0.05, 0.1) is 26.2 Å². The van der Waals surface area contributed by atoms with E-state index in [-0.39, 0.29) is 0 Å². The molecule has 0 bridgehead atoms. The maximum absolute atomic E-state index is 3.72.